The van der Waals surface area contributed by atoms with Crippen LogP contribution in [0.5, 0.6) is 0 Å². The van der Waals surface area contributed by atoms with Gasteiger partial charge in [0, 0.05) is 15.9 Å². The molecular formula is C12H16BrN. The molecule has 1 aromatic carbocycles. The molecule has 0 radical (unpaired) electrons. The fourth-order valence-electron chi connectivity index (χ4n) is 2.24. The molecule has 2 N–H and O–H groups in total. The molecule has 0 amide bonds. The standard InChI is InChI=1S/C12H16BrN/c1-2-6-12(14)8-11(12)9-4-3-5-10(13)7-9/h3-5,7,11H,2,6,8,14H2,1H3. The van der Waals surface area contributed by atoms with Crippen molar-refractivity contribution in [1.29, 1.82) is 0 Å². The molecule has 1 nitrogen and oxygen atoms in total. The van der Waals surface area contributed by atoms with Gasteiger partial charge in [-0.2, -0.15) is 0 Å². The Morgan fingerprint density at radius 3 is 3.00 bits per heavy atom. The van der Waals surface area contributed by atoms with E-state index in [0.717, 1.165) is 17.3 Å². The molecule has 0 bridgehead atoms. The normalized spacial score (nSPS) is 30.4. The maximum atomic E-state index is 6.27. The van der Waals surface area contributed by atoms with Crippen LogP contribution in [0.4, 0.5) is 0 Å². The Kier molecular flexibility index (Phi) is 2.67. The summed E-state index contributed by atoms with van der Waals surface area (Å²) in [6.45, 7) is 2.20. The first kappa shape index (κ1) is 10.2. The monoisotopic (exact) mass is 253 g/mol. The Morgan fingerprint density at radius 2 is 2.36 bits per heavy atom. The molecule has 0 heterocycles. The van der Waals surface area contributed by atoms with Gasteiger partial charge in [0.1, 0.15) is 0 Å². The SMILES string of the molecule is CCCC1(N)CC1c1cccc(Br)c1. The molecule has 0 saturated heterocycles. The molecular weight excluding hydrogens is 238 g/mol. The van der Waals surface area contributed by atoms with Crippen molar-refractivity contribution in [3.8, 4) is 0 Å². The Hall–Kier alpha value is -0.340. The van der Waals surface area contributed by atoms with Gasteiger partial charge in [-0.05, 0) is 30.5 Å². The predicted octanol–water partition coefficient (Wildman–Crippen LogP) is 3.43. The first-order valence-corrected chi connectivity index (χ1v) is 5.99. The Labute approximate surface area is 93.8 Å². The zero-order valence-corrected chi connectivity index (χ0v) is 10.0. The summed E-state index contributed by atoms with van der Waals surface area (Å²) in [5, 5.41) is 0. The minimum atomic E-state index is 0.0928. The van der Waals surface area contributed by atoms with Gasteiger partial charge in [0.05, 0.1) is 0 Å². The molecule has 2 unspecified atom stereocenters. The van der Waals surface area contributed by atoms with Gasteiger partial charge in [-0.1, -0.05) is 41.4 Å². The number of hydrogen-bond acceptors (Lipinski definition) is 1. The maximum Gasteiger partial charge on any atom is 0.0230 e. The van der Waals surface area contributed by atoms with E-state index in [0.29, 0.717) is 5.92 Å². The van der Waals surface area contributed by atoms with Crippen molar-refractivity contribution in [2.45, 2.75) is 37.6 Å². The van der Waals surface area contributed by atoms with Gasteiger partial charge in [0.2, 0.25) is 0 Å². The summed E-state index contributed by atoms with van der Waals surface area (Å²) in [7, 11) is 0. The van der Waals surface area contributed by atoms with Gasteiger partial charge in [-0.15, -0.1) is 0 Å². The lowest BCUT2D eigenvalue weighted by molar-refractivity contribution is 0.579. The molecule has 14 heavy (non-hydrogen) atoms. The van der Waals surface area contributed by atoms with Crippen molar-refractivity contribution in [2.24, 2.45) is 5.73 Å². The van der Waals surface area contributed by atoms with Crippen molar-refractivity contribution in [1.82, 2.24) is 0 Å². The molecule has 1 fully saturated rings. The second-order valence-corrected chi connectivity index (χ2v) is 5.21. The molecule has 1 aliphatic rings. The molecule has 76 valence electrons. The minimum absolute atomic E-state index is 0.0928. The second kappa shape index (κ2) is 3.67. The highest BCUT2D eigenvalue weighted by atomic mass is 79.9. The zero-order valence-electron chi connectivity index (χ0n) is 8.46. The van der Waals surface area contributed by atoms with Crippen LogP contribution in [0, 0.1) is 0 Å². The van der Waals surface area contributed by atoms with Crippen LogP contribution in [-0.2, 0) is 0 Å². The molecule has 1 aromatic rings. The molecule has 0 spiro atoms. The van der Waals surface area contributed by atoms with Crippen LogP contribution in [0.3, 0.4) is 0 Å². The van der Waals surface area contributed by atoms with Gasteiger partial charge < -0.3 is 5.73 Å². The van der Waals surface area contributed by atoms with Crippen LogP contribution in [-0.4, -0.2) is 5.54 Å². The van der Waals surface area contributed by atoms with Gasteiger partial charge >= 0.3 is 0 Å². The maximum absolute atomic E-state index is 6.27. The number of halogens is 1. The van der Waals surface area contributed by atoms with Crippen molar-refractivity contribution in [2.75, 3.05) is 0 Å². The molecule has 2 heteroatoms. The van der Waals surface area contributed by atoms with Gasteiger partial charge in [0.15, 0.2) is 0 Å². The lowest BCUT2D eigenvalue weighted by atomic mass is 10.0. The van der Waals surface area contributed by atoms with E-state index >= 15 is 0 Å². The third kappa shape index (κ3) is 1.86. The fraction of sp³-hybridized carbons (Fsp3) is 0.500. The van der Waals surface area contributed by atoms with Crippen LogP contribution in [0.15, 0.2) is 28.7 Å². The van der Waals surface area contributed by atoms with Crippen molar-refractivity contribution < 1.29 is 0 Å². The third-order valence-electron chi connectivity index (χ3n) is 3.08. The van der Waals surface area contributed by atoms with Crippen LogP contribution < -0.4 is 5.73 Å². The van der Waals surface area contributed by atoms with Gasteiger partial charge in [0.25, 0.3) is 0 Å². The molecule has 2 rings (SSSR count). The van der Waals surface area contributed by atoms with E-state index in [9.17, 15) is 0 Å². The lowest BCUT2D eigenvalue weighted by Gasteiger charge is -2.09. The average molecular weight is 254 g/mol. The Balaban J connectivity index is 2.12. The van der Waals surface area contributed by atoms with E-state index in [2.05, 4.69) is 47.1 Å². The number of hydrogen-bond donors (Lipinski definition) is 1. The van der Waals surface area contributed by atoms with E-state index in [-0.39, 0.29) is 5.54 Å². The quantitative estimate of drug-likeness (QED) is 0.878. The van der Waals surface area contributed by atoms with E-state index in [1.165, 1.54) is 12.0 Å². The summed E-state index contributed by atoms with van der Waals surface area (Å²) in [4.78, 5) is 0. The lowest BCUT2D eigenvalue weighted by Crippen LogP contribution is -2.23. The minimum Gasteiger partial charge on any atom is -0.325 e. The number of benzene rings is 1. The summed E-state index contributed by atoms with van der Waals surface area (Å²) in [6, 6.07) is 8.52. The molecule has 2 atom stereocenters. The van der Waals surface area contributed by atoms with E-state index in [1.54, 1.807) is 0 Å². The topological polar surface area (TPSA) is 26.0 Å². The Bertz CT molecular complexity index is 337. The first-order valence-electron chi connectivity index (χ1n) is 5.20. The Morgan fingerprint density at radius 1 is 1.57 bits per heavy atom. The fourth-order valence-corrected chi connectivity index (χ4v) is 2.65. The smallest absolute Gasteiger partial charge is 0.0230 e. The third-order valence-corrected chi connectivity index (χ3v) is 3.58. The number of nitrogens with two attached hydrogens (primary N) is 1. The first-order chi connectivity index (χ1) is 6.65. The van der Waals surface area contributed by atoms with E-state index < -0.39 is 0 Å². The van der Waals surface area contributed by atoms with Gasteiger partial charge in [-0.3, -0.25) is 0 Å². The summed E-state index contributed by atoms with van der Waals surface area (Å²) < 4.78 is 1.15. The molecule has 1 saturated carbocycles. The average Bonchev–Trinajstić information content (AvgIpc) is 2.78. The summed E-state index contributed by atoms with van der Waals surface area (Å²) >= 11 is 3.49. The van der Waals surface area contributed by atoms with E-state index in [1.807, 2.05) is 0 Å². The van der Waals surface area contributed by atoms with Crippen LogP contribution in [0.1, 0.15) is 37.7 Å². The van der Waals surface area contributed by atoms with Gasteiger partial charge in [-0.25, -0.2) is 0 Å². The summed E-state index contributed by atoms with van der Waals surface area (Å²) in [5.74, 6) is 0.583. The summed E-state index contributed by atoms with van der Waals surface area (Å²) in [6.07, 6.45) is 3.47. The van der Waals surface area contributed by atoms with Crippen LogP contribution in [0.2, 0.25) is 0 Å². The zero-order chi connectivity index (χ0) is 10.2. The highest BCUT2D eigenvalue weighted by Gasteiger charge is 2.50. The highest BCUT2D eigenvalue weighted by Crippen LogP contribution is 2.52. The van der Waals surface area contributed by atoms with E-state index in [4.69, 9.17) is 5.73 Å². The molecule has 0 aliphatic heterocycles. The highest BCUT2D eigenvalue weighted by molar-refractivity contribution is 9.10. The second-order valence-electron chi connectivity index (χ2n) is 4.29. The largest absolute Gasteiger partial charge is 0.325 e. The van der Waals surface area contributed by atoms with Crippen molar-refractivity contribution in [3.63, 3.8) is 0 Å². The molecule has 1 aliphatic carbocycles. The van der Waals surface area contributed by atoms with Crippen LogP contribution >= 0.6 is 15.9 Å². The predicted molar refractivity (Wildman–Crippen MR) is 63.3 cm³/mol. The van der Waals surface area contributed by atoms with Crippen LogP contribution in [0.25, 0.3) is 0 Å². The molecule has 0 aromatic heterocycles. The summed E-state index contributed by atoms with van der Waals surface area (Å²) in [5.41, 5.74) is 7.75. The van der Waals surface area contributed by atoms with Crippen molar-refractivity contribution >= 4 is 15.9 Å². The van der Waals surface area contributed by atoms with Crippen molar-refractivity contribution in [3.05, 3.63) is 34.3 Å². The number of rotatable bonds is 3.